The summed E-state index contributed by atoms with van der Waals surface area (Å²) in [4.78, 5) is 14.8. The molecule has 2 N–H and O–H groups in total. The van der Waals surface area contributed by atoms with Gasteiger partial charge in [-0.05, 0) is 37.8 Å². The third-order valence-electron chi connectivity index (χ3n) is 5.75. The van der Waals surface area contributed by atoms with E-state index in [4.69, 9.17) is 4.74 Å². The molecular formula is C17H29Cl2N5O2. The summed E-state index contributed by atoms with van der Waals surface area (Å²) in [7, 11) is 0. The summed E-state index contributed by atoms with van der Waals surface area (Å²) in [5.41, 5.74) is 0.272. The molecule has 7 nitrogen and oxygen atoms in total. The molecule has 0 aromatic carbocycles. The fraction of sp³-hybridized carbons (Fsp3) is 0.765. The van der Waals surface area contributed by atoms with Gasteiger partial charge in [-0.2, -0.15) is 5.10 Å². The van der Waals surface area contributed by atoms with Gasteiger partial charge in [0, 0.05) is 37.8 Å². The summed E-state index contributed by atoms with van der Waals surface area (Å²) in [6, 6.07) is 1.90. The van der Waals surface area contributed by atoms with E-state index in [1.54, 1.807) is 0 Å². The maximum absolute atomic E-state index is 12.5. The van der Waals surface area contributed by atoms with Crippen molar-refractivity contribution < 1.29 is 9.53 Å². The number of hydrogen-bond acceptors (Lipinski definition) is 5. The molecule has 9 heteroatoms. The number of rotatable bonds is 5. The van der Waals surface area contributed by atoms with Crippen LogP contribution < -0.4 is 10.6 Å². The fourth-order valence-electron chi connectivity index (χ4n) is 4.03. The Morgan fingerprint density at radius 1 is 1.27 bits per heavy atom. The predicted octanol–water partition coefficient (Wildman–Crippen LogP) is 1.39. The highest BCUT2D eigenvalue weighted by Crippen LogP contribution is 2.58. The third-order valence-corrected chi connectivity index (χ3v) is 5.75. The van der Waals surface area contributed by atoms with Gasteiger partial charge in [0.25, 0.3) is 0 Å². The minimum atomic E-state index is 0. The average molecular weight is 406 g/mol. The largest absolute Gasteiger partial charge is 0.379 e. The van der Waals surface area contributed by atoms with Crippen molar-refractivity contribution >= 4 is 36.5 Å². The van der Waals surface area contributed by atoms with Crippen LogP contribution in [-0.2, 0) is 16.1 Å². The molecule has 3 aliphatic rings. The Labute approximate surface area is 167 Å². The number of aromatic nitrogens is 2. The number of ether oxygens (including phenoxy) is 1. The van der Waals surface area contributed by atoms with Crippen LogP contribution in [0.15, 0.2) is 12.3 Å². The molecule has 148 valence electrons. The first-order chi connectivity index (χ1) is 11.8. The SMILES string of the molecule is Cl.Cl.O=C(Nc1ccn(CCN2CCOCC2)n1)C1CC12CCNCC2. The van der Waals surface area contributed by atoms with E-state index in [0.717, 1.165) is 71.7 Å². The zero-order valence-corrected chi connectivity index (χ0v) is 16.6. The normalized spacial score (nSPS) is 24.4. The smallest absolute Gasteiger partial charge is 0.229 e. The van der Waals surface area contributed by atoms with Crippen LogP contribution >= 0.6 is 24.8 Å². The Kier molecular flexibility index (Phi) is 7.73. The van der Waals surface area contributed by atoms with Crippen LogP contribution in [0, 0.1) is 11.3 Å². The first-order valence-electron chi connectivity index (χ1n) is 9.10. The number of amides is 1. The standard InChI is InChI=1S/C17H27N5O2.2ClH/c23-16(14-13-17(14)2-4-18-5-3-17)19-15-1-6-22(20-15)8-7-21-9-11-24-12-10-21;;/h1,6,14,18H,2-5,7-13H2,(H,19,20,23);2*1H. The van der Waals surface area contributed by atoms with E-state index in [1.807, 2.05) is 16.9 Å². The van der Waals surface area contributed by atoms with Crippen LogP contribution in [0.2, 0.25) is 0 Å². The average Bonchev–Trinajstić information content (AvgIpc) is 3.12. The Morgan fingerprint density at radius 3 is 2.73 bits per heavy atom. The Morgan fingerprint density at radius 2 is 2.00 bits per heavy atom. The fourth-order valence-corrected chi connectivity index (χ4v) is 4.03. The lowest BCUT2D eigenvalue weighted by atomic mass is 9.92. The quantitative estimate of drug-likeness (QED) is 0.774. The van der Waals surface area contributed by atoms with Gasteiger partial charge in [0.2, 0.25) is 5.91 Å². The second kappa shape index (κ2) is 9.37. The summed E-state index contributed by atoms with van der Waals surface area (Å²) in [5.74, 6) is 1.01. The zero-order chi connectivity index (χ0) is 16.4. The van der Waals surface area contributed by atoms with Crippen LogP contribution in [0.3, 0.4) is 0 Å². The Hall–Kier alpha value is -0.860. The van der Waals surface area contributed by atoms with Crippen molar-refractivity contribution in [3.05, 3.63) is 12.3 Å². The van der Waals surface area contributed by atoms with E-state index in [1.165, 1.54) is 0 Å². The van der Waals surface area contributed by atoms with Crippen LogP contribution in [0.4, 0.5) is 5.82 Å². The molecule has 1 aliphatic carbocycles. The first-order valence-corrected chi connectivity index (χ1v) is 9.10. The third kappa shape index (κ3) is 4.89. The number of carbonyl (C=O) groups excluding carboxylic acids is 1. The zero-order valence-electron chi connectivity index (χ0n) is 15.0. The first kappa shape index (κ1) is 21.4. The summed E-state index contributed by atoms with van der Waals surface area (Å²) < 4.78 is 7.27. The van der Waals surface area contributed by atoms with Crippen LogP contribution in [0.25, 0.3) is 0 Å². The highest BCUT2D eigenvalue weighted by Gasteiger charge is 2.57. The number of morpholine rings is 1. The molecule has 1 unspecified atom stereocenters. The predicted molar refractivity (Wildman–Crippen MR) is 105 cm³/mol. The molecule has 2 aliphatic heterocycles. The van der Waals surface area contributed by atoms with E-state index >= 15 is 0 Å². The molecule has 2 saturated heterocycles. The molecule has 1 aromatic heterocycles. The van der Waals surface area contributed by atoms with Crippen molar-refractivity contribution in [2.75, 3.05) is 51.3 Å². The van der Waals surface area contributed by atoms with Crippen LogP contribution in [0.1, 0.15) is 19.3 Å². The summed E-state index contributed by atoms with van der Waals surface area (Å²) in [6.07, 6.45) is 5.24. The summed E-state index contributed by atoms with van der Waals surface area (Å²) in [6.45, 7) is 7.51. The lowest BCUT2D eigenvalue weighted by Gasteiger charge is -2.26. The van der Waals surface area contributed by atoms with E-state index in [9.17, 15) is 4.79 Å². The molecule has 1 atom stereocenters. The van der Waals surface area contributed by atoms with Gasteiger partial charge in [0.05, 0.1) is 19.8 Å². The Bertz CT molecular complexity index is 585. The maximum Gasteiger partial charge on any atom is 0.229 e. The maximum atomic E-state index is 12.5. The van der Waals surface area contributed by atoms with Crippen molar-refractivity contribution in [3.8, 4) is 0 Å². The number of hydrogen-bond donors (Lipinski definition) is 2. The number of carbonyl (C=O) groups is 1. The molecule has 1 amide bonds. The number of nitrogens with zero attached hydrogens (tertiary/aromatic N) is 3. The minimum Gasteiger partial charge on any atom is -0.379 e. The minimum absolute atomic E-state index is 0. The number of halogens is 2. The molecule has 1 aromatic rings. The lowest BCUT2D eigenvalue weighted by molar-refractivity contribution is -0.118. The van der Waals surface area contributed by atoms with E-state index in [-0.39, 0.29) is 42.1 Å². The van der Waals surface area contributed by atoms with Gasteiger partial charge in [-0.3, -0.25) is 14.4 Å². The van der Waals surface area contributed by atoms with E-state index in [2.05, 4.69) is 20.6 Å². The van der Waals surface area contributed by atoms with Gasteiger partial charge in [-0.15, -0.1) is 24.8 Å². The number of piperidine rings is 1. The molecule has 0 bridgehead atoms. The number of anilines is 1. The molecule has 4 rings (SSSR count). The van der Waals surface area contributed by atoms with Gasteiger partial charge in [0.15, 0.2) is 5.82 Å². The highest BCUT2D eigenvalue weighted by atomic mass is 35.5. The monoisotopic (exact) mass is 405 g/mol. The van der Waals surface area contributed by atoms with Gasteiger partial charge in [-0.25, -0.2) is 0 Å². The molecule has 3 heterocycles. The topological polar surface area (TPSA) is 71.4 Å². The molecule has 26 heavy (non-hydrogen) atoms. The van der Waals surface area contributed by atoms with Gasteiger partial charge in [-0.1, -0.05) is 0 Å². The van der Waals surface area contributed by atoms with Gasteiger partial charge < -0.3 is 15.4 Å². The van der Waals surface area contributed by atoms with Crippen molar-refractivity contribution in [2.45, 2.75) is 25.8 Å². The van der Waals surface area contributed by atoms with Crippen LogP contribution in [0.5, 0.6) is 0 Å². The molecular weight excluding hydrogens is 377 g/mol. The van der Waals surface area contributed by atoms with Crippen molar-refractivity contribution in [1.82, 2.24) is 20.0 Å². The molecule has 1 spiro atoms. The Balaban J connectivity index is 0.00000121. The highest BCUT2D eigenvalue weighted by molar-refractivity contribution is 5.94. The van der Waals surface area contributed by atoms with Crippen molar-refractivity contribution in [2.24, 2.45) is 11.3 Å². The van der Waals surface area contributed by atoms with E-state index in [0.29, 0.717) is 5.82 Å². The van der Waals surface area contributed by atoms with Crippen molar-refractivity contribution in [3.63, 3.8) is 0 Å². The summed E-state index contributed by atoms with van der Waals surface area (Å²) >= 11 is 0. The van der Waals surface area contributed by atoms with Gasteiger partial charge >= 0.3 is 0 Å². The second-order valence-corrected chi connectivity index (χ2v) is 7.28. The second-order valence-electron chi connectivity index (χ2n) is 7.28. The molecule has 0 radical (unpaired) electrons. The van der Waals surface area contributed by atoms with Gasteiger partial charge in [0.1, 0.15) is 0 Å². The molecule has 3 fully saturated rings. The lowest BCUT2D eigenvalue weighted by Crippen LogP contribution is -2.38. The number of nitrogens with one attached hydrogen (secondary N) is 2. The summed E-state index contributed by atoms with van der Waals surface area (Å²) in [5, 5.41) is 10.9. The van der Waals surface area contributed by atoms with E-state index < -0.39 is 0 Å². The molecule has 1 saturated carbocycles. The van der Waals surface area contributed by atoms with Crippen LogP contribution in [-0.4, -0.2) is 66.5 Å². The van der Waals surface area contributed by atoms with Crippen molar-refractivity contribution in [1.29, 1.82) is 0 Å².